The summed E-state index contributed by atoms with van der Waals surface area (Å²) in [5.74, 6) is 0.609. The van der Waals surface area contributed by atoms with Crippen molar-refractivity contribution in [3.05, 3.63) is 64.2 Å². The van der Waals surface area contributed by atoms with Gasteiger partial charge in [-0.05, 0) is 49.6 Å². The monoisotopic (exact) mass is 331 g/mol. The molecule has 1 amide bonds. The molecule has 0 N–H and O–H groups in total. The van der Waals surface area contributed by atoms with Gasteiger partial charge in [-0.25, -0.2) is 0 Å². The van der Waals surface area contributed by atoms with E-state index in [9.17, 15) is 4.79 Å². The van der Waals surface area contributed by atoms with Gasteiger partial charge in [0.2, 0.25) is 0 Å². The zero-order valence-electron chi connectivity index (χ0n) is 14.0. The Morgan fingerprint density at radius 3 is 2.30 bits per heavy atom. The molecule has 0 saturated heterocycles. The first kappa shape index (κ1) is 17.4. The second-order valence-corrected chi connectivity index (χ2v) is 6.19. The highest BCUT2D eigenvalue weighted by molar-refractivity contribution is 6.32. The van der Waals surface area contributed by atoms with Crippen LogP contribution < -0.4 is 4.74 Å². The molecule has 2 aromatic rings. The molecule has 0 aromatic heterocycles. The third kappa shape index (κ3) is 4.49. The molecule has 0 heterocycles. The van der Waals surface area contributed by atoms with E-state index in [4.69, 9.17) is 16.3 Å². The van der Waals surface area contributed by atoms with Gasteiger partial charge < -0.3 is 9.64 Å². The van der Waals surface area contributed by atoms with Gasteiger partial charge in [0.1, 0.15) is 5.75 Å². The molecule has 0 saturated carbocycles. The number of carbonyl (C=O) groups is 1. The number of likely N-dealkylation sites (N-methyl/N-ethyl adjacent to an activating group) is 1. The zero-order chi connectivity index (χ0) is 17.0. The minimum Gasteiger partial charge on any atom is -0.481 e. The normalized spacial score (nSPS) is 11.9. The quantitative estimate of drug-likeness (QED) is 0.813. The highest BCUT2D eigenvalue weighted by Gasteiger charge is 2.19. The summed E-state index contributed by atoms with van der Waals surface area (Å²) in [5, 5.41) is 0.734. The molecule has 0 bridgehead atoms. The van der Waals surface area contributed by atoms with Crippen LogP contribution in [0.1, 0.15) is 23.6 Å². The van der Waals surface area contributed by atoms with Gasteiger partial charge in [0.25, 0.3) is 5.91 Å². The Labute approximate surface area is 142 Å². The van der Waals surface area contributed by atoms with Crippen molar-refractivity contribution in [3.8, 4) is 5.75 Å². The predicted molar refractivity (Wildman–Crippen MR) is 93.9 cm³/mol. The number of amides is 1. The predicted octanol–water partition coefficient (Wildman–Crippen LogP) is 4.38. The first-order valence-corrected chi connectivity index (χ1v) is 7.98. The number of halogens is 1. The summed E-state index contributed by atoms with van der Waals surface area (Å²) >= 11 is 6.16. The van der Waals surface area contributed by atoms with Crippen molar-refractivity contribution in [2.75, 3.05) is 7.05 Å². The van der Waals surface area contributed by atoms with E-state index >= 15 is 0 Å². The van der Waals surface area contributed by atoms with Crippen LogP contribution in [0, 0.1) is 13.8 Å². The van der Waals surface area contributed by atoms with Crippen LogP contribution in [0.15, 0.2) is 42.5 Å². The number of carbonyl (C=O) groups excluding carboxylic acids is 1. The number of hydrogen-bond donors (Lipinski definition) is 0. The Balaban J connectivity index is 2.02. The molecular weight excluding hydrogens is 310 g/mol. The minimum atomic E-state index is -0.552. The van der Waals surface area contributed by atoms with Crippen molar-refractivity contribution in [3.63, 3.8) is 0 Å². The second kappa shape index (κ2) is 7.51. The Hall–Kier alpha value is -2.00. The molecule has 0 unspecified atom stereocenters. The molecule has 0 aliphatic heterocycles. The fourth-order valence-electron chi connectivity index (χ4n) is 2.47. The van der Waals surface area contributed by atoms with E-state index in [1.165, 1.54) is 0 Å². The van der Waals surface area contributed by atoms with Crippen molar-refractivity contribution in [2.24, 2.45) is 0 Å². The van der Waals surface area contributed by atoms with E-state index in [-0.39, 0.29) is 5.91 Å². The Morgan fingerprint density at radius 1 is 1.17 bits per heavy atom. The van der Waals surface area contributed by atoms with E-state index in [0.717, 1.165) is 21.7 Å². The maximum atomic E-state index is 12.5. The minimum absolute atomic E-state index is 0.0564. The van der Waals surface area contributed by atoms with Crippen molar-refractivity contribution in [1.82, 2.24) is 4.90 Å². The topological polar surface area (TPSA) is 29.5 Å². The number of benzene rings is 2. The van der Waals surface area contributed by atoms with Gasteiger partial charge >= 0.3 is 0 Å². The lowest BCUT2D eigenvalue weighted by Crippen LogP contribution is -2.37. The van der Waals surface area contributed by atoms with Gasteiger partial charge in [-0.1, -0.05) is 41.9 Å². The molecule has 2 aromatic carbocycles. The molecule has 122 valence electrons. The van der Waals surface area contributed by atoms with Crippen molar-refractivity contribution < 1.29 is 9.53 Å². The first-order valence-electron chi connectivity index (χ1n) is 7.60. The maximum Gasteiger partial charge on any atom is 0.263 e. The standard InChI is InChI=1S/C19H22ClNO2/c1-13-10-17(11-14(2)18(13)20)23-15(3)19(22)21(4)12-16-8-6-5-7-9-16/h5-11,15H,12H2,1-4H3/t15-/m1/s1. The molecule has 0 aliphatic carbocycles. The Morgan fingerprint density at radius 2 is 1.74 bits per heavy atom. The lowest BCUT2D eigenvalue weighted by molar-refractivity contribution is -0.137. The third-order valence-electron chi connectivity index (χ3n) is 3.71. The fraction of sp³-hybridized carbons (Fsp3) is 0.316. The lowest BCUT2D eigenvalue weighted by atomic mass is 10.1. The maximum absolute atomic E-state index is 12.5. The summed E-state index contributed by atoms with van der Waals surface area (Å²) in [6, 6.07) is 13.6. The number of ether oxygens (including phenoxy) is 1. The number of rotatable bonds is 5. The summed E-state index contributed by atoms with van der Waals surface area (Å²) in [6.07, 6.45) is -0.552. The highest BCUT2D eigenvalue weighted by Crippen LogP contribution is 2.26. The molecule has 0 fully saturated rings. The van der Waals surface area contributed by atoms with Crippen LogP contribution in [0.4, 0.5) is 0 Å². The molecule has 4 heteroatoms. The Kier molecular flexibility index (Phi) is 5.67. The summed E-state index contributed by atoms with van der Waals surface area (Å²) in [5.41, 5.74) is 2.98. The molecular formula is C19H22ClNO2. The van der Waals surface area contributed by atoms with Gasteiger partial charge in [-0.15, -0.1) is 0 Å². The van der Waals surface area contributed by atoms with Crippen LogP contribution in [-0.4, -0.2) is 24.0 Å². The number of hydrogen-bond acceptors (Lipinski definition) is 2. The van der Waals surface area contributed by atoms with Crippen LogP contribution in [0.3, 0.4) is 0 Å². The molecule has 0 radical (unpaired) electrons. The summed E-state index contributed by atoms with van der Waals surface area (Å²) < 4.78 is 5.80. The van der Waals surface area contributed by atoms with E-state index in [1.54, 1.807) is 18.9 Å². The molecule has 23 heavy (non-hydrogen) atoms. The Bertz CT molecular complexity index is 662. The zero-order valence-corrected chi connectivity index (χ0v) is 14.7. The van der Waals surface area contributed by atoms with Crippen LogP contribution in [0.5, 0.6) is 5.75 Å². The average molecular weight is 332 g/mol. The van der Waals surface area contributed by atoms with Crippen LogP contribution >= 0.6 is 11.6 Å². The van der Waals surface area contributed by atoms with E-state index in [0.29, 0.717) is 12.3 Å². The molecule has 1 atom stereocenters. The summed E-state index contributed by atoms with van der Waals surface area (Å²) in [7, 11) is 1.79. The lowest BCUT2D eigenvalue weighted by Gasteiger charge is -2.22. The van der Waals surface area contributed by atoms with Crippen molar-refractivity contribution >= 4 is 17.5 Å². The fourth-order valence-corrected chi connectivity index (χ4v) is 2.58. The number of nitrogens with zero attached hydrogens (tertiary/aromatic N) is 1. The van der Waals surface area contributed by atoms with Crippen molar-refractivity contribution in [1.29, 1.82) is 0 Å². The van der Waals surface area contributed by atoms with Gasteiger partial charge in [0.05, 0.1) is 0 Å². The number of aryl methyl sites for hydroxylation is 2. The molecule has 3 nitrogen and oxygen atoms in total. The second-order valence-electron chi connectivity index (χ2n) is 5.81. The van der Waals surface area contributed by atoms with E-state index in [2.05, 4.69) is 0 Å². The van der Waals surface area contributed by atoms with Gasteiger partial charge in [0.15, 0.2) is 6.10 Å². The van der Waals surface area contributed by atoms with E-state index in [1.807, 2.05) is 56.3 Å². The van der Waals surface area contributed by atoms with Gasteiger partial charge in [0, 0.05) is 18.6 Å². The average Bonchev–Trinajstić information content (AvgIpc) is 2.52. The molecule has 0 aliphatic rings. The van der Waals surface area contributed by atoms with Crippen molar-refractivity contribution in [2.45, 2.75) is 33.4 Å². The van der Waals surface area contributed by atoms with Gasteiger partial charge in [-0.3, -0.25) is 4.79 Å². The summed E-state index contributed by atoms with van der Waals surface area (Å²) in [6.45, 7) is 6.18. The highest BCUT2D eigenvalue weighted by atomic mass is 35.5. The van der Waals surface area contributed by atoms with Crippen LogP contribution in [0.25, 0.3) is 0 Å². The molecule has 2 rings (SSSR count). The van der Waals surface area contributed by atoms with Crippen LogP contribution in [0.2, 0.25) is 5.02 Å². The molecule has 0 spiro atoms. The van der Waals surface area contributed by atoms with E-state index < -0.39 is 6.10 Å². The largest absolute Gasteiger partial charge is 0.481 e. The third-order valence-corrected chi connectivity index (χ3v) is 4.31. The summed E-state index contributed by atoms with van der Waals surface area (Å²) in [4.78, 5) is 14.1. The van der Waals surface area contributed by atoms with Crippen LogP contribution in [-0.2, 0) is 11.3 Å². The first-order chi connectivity index (χ1) is 10.9. The van der Waals surface area contributed by atoms with Gasteiger partial charge in [-0.2, -0.15) is 0 Å². The smallest absolute Gasteiger partial charge is 0.263 e. The SMILES string of the molecule is Cc1cc(O[C@H](C)C(=O)N(C)Cc2ccccc2)cc(C)c1Cl.